The smallest absolute Gasteiger partial charge is 0.279 e. The summed E-state index contributed by atoms with van der Waals surface area (Å²) >= 11 is 7.60. The van der Waals surface area contributed by atoms with Crippen molar-refractivity contribution >= 4 is 55.3 Å². The molecule has 0 saturated carbocycles. The van der Waals surface area contributed by atoms with Crippen LogP contribution >= 0.6 is 22.9 Å². The molecule has 7 nitrogen and oxygen atoms in total. The molecule has 0 aliphatic rings. The number of hydrogen-bond donors (Lipinski definition) is 0. The maximum atomic E-state index is 15.0. The van der Waals surface area contributed by atoms with Crippen molar-refractivity contribution in [2.75, 3.05) is 0 Å². The molecule has 0 unspecified atom stereocenters. The fraction of sp³-hybridized carbons (Fsp3) is 0.0588. The van der Waals surface area contributed by atoms with Crippen LogP contribution in [0.3, 0.4) is 0 Å². The van der Waals surface area contributed by atoms with Crippen LogP contribution in [0.4, 0.5) is 10.1 Å². The number of ketones is 1. The lowest BCUT2D eigenvalue weighted by Gasteiger charge is -2.15. The minimum Gasteiger partial charge on any atom is -0.295 e. The van der Waals surface area contributed by atoms with Gasteiger partial charge in [-0.15, -0.1) is 11.3 Å². The van der Waals surface area contributed by atoms with E-state index in [1.807, 2.05) is 0 Å². The predicted molar refractivity (Wildman–Crippen MR) is 174 cm³/mol. The Morgan fingerprint density at radius 2 is 1.80 bits per heavy atom. The van der Waals surface area contributed by atoms with Gasteiger partial charge in [-0.25, -0.2) is 18.2 Å². The fourth-order valence-corrected chi connectivity index (χ4v) is 8.36. The second-order valence-electron chi connectivity index (χ2n) is 10.1. The highest BCUT2D eigenvalue weighted by Crippen LogP contribution is 2.48. The summed E-state index contributed by atoms with van der Waals surface area (Å²) in [7, 11) is -4.34. The predicted octanol–water partition coefficient (Wildman–Crippen LogP) is 9.06. The van der Waals surface area contributed by atoms with E-state index in [0.29, 0.717) is 32.3 Å². The Bertz CT molecular complexity index is 2370. The lowest BCUT2D eigenvalue weighted by Crippen LogP contribution is -2.13. The Balaban J connectivity index is 1.78. The van der Waals surface area contributed by atoms with E-state index < -0.39 is 15.8 Å². The van der Waals surface area contributed by atoms with Gasteiger partial charge in [-0.3, -0.25) is 4.79 Å². The van der Waals surface area contributed by atoms with Gasteiger partial charge in [0, 0.05) is 43.8 Å². The number of thiazole rings is 1. The van der Waals surface area contributed by atoms with Crippen molar-refractivity contribution in [2.24, 2.45) is 0 Å². The molecule has 11 heteroatoms. The zero-order chi connectivity index (χ0) is 32.0. The lowest BCUT2D eigenvalue weighted by molar-refractivity contribution is 0.101. The van der Waals surface area contributed by atoms with Crippen LogP contribution in [0.2, 0.25) is 5.02 Å². The molecule has 4 aromatic carbocycles. The van der Waals surface area contributed by atoms with Crippen molar-refractivity contribution in [1.82, 2.24) is 8.96 Å². The van der Waals surface area contributed by atoms with Gasteiger partial charge in [0.15, 0.2) is 15.7 Å². The van der Waals surface area contributed by atoms with Crippen LogP contribution in [0.1, 0.15) is 27.9 Å². The number of aryl methyl sites for hydroxylation is 1. The molecule has 220 valence electrons. The van der Waals surface area contributed by atoms with Crippen molar-refractivity contribution in [3.63, 3.8) is 0 Å². The highest BCUT2D eigenvalue weighted by molar-refractivity contribution is 7.92. The maximum absolute atomic E-state index is 15.0. The van der Waals surface area contributed by atoms with Crippen LogP contribution in [-0.4, -0.2) is 23.2 Å². The van der Waals surface area contributed by atoms with E-state index in [2.05, 4.69) is 15.9 Å². The third-order valence-corrected chi connectivity index (χ3v) is 10.7. The zero-order valence-corrected chi connectivity index (χ0v) is 26.1. The van der Waals surface area contributed by atoms with Gasteiger partial charge in [-0.05, 0) is 55.8 Å². The van der Waals surface area contributed by atoms with Crippen molar-refractivity contribution in [3.05, 3.63) is 123 Å². The van der Waals surface area contributed by atoms with Crippen molar-refractivity contribution in [1.29, 1.82) is 5.26 Å². The summed E-state index contributed by atoms with van der Waals surface area (Å²) in [5.41, 5.74) is 2.97. The van der Waals surface area contributed by atoms with Crippen LogP contribution in [-0.2, 0) is 10.0 Å². The Hall–Kier alpha value is -5.13. The van der Waals surface area contributed by atoms with Crippen molar-refractivity contribution in [2.45, 2.75) is 18.1 Å². The van der Waals surface area contributed by atoms with E-state index in [9.17, 15) is 22.9 Å². The molecule has 6 rings (SSSR count). The first-order valence-electron chi connectivity index (χ1n) is 13.4. The third-order valence-electron chi connectivity index (χ3n) is 7.34. The van der Waals surface area contributed by atoms with Crippen LogP contribution in [0.5, 0.6) is 0 Å². The van der Waals surface area contributed by atoms with Gasteiger partial charge in [0.2, 0.25) is 0 Å². The Morgan fingerprint density at radius 1 is 1.04 bits per heavy atom. The number of aromatic nitrogens is 2. The average Bonchev–Trinajstić information content (AvgIpc) is 3.62. The molecule has 2 heterocycles. The van der Waals surface area contributed by atoms with E-state index in [1.165, 1.54) is 43.5 Å². The number of nitrogens with zero attached hydrogens (tertiary/aromatic N) is 4. The number of halogens is 2. The van der Waals surface area contributed by atoms with E-state index in [-0.39, 0.29) is 49.0 Å². The number of benzene rings is 4. The quantitative estimate of drug-likeness (QED) is 0.132. The van der Waals surface area contributed by atoms with Crippen LogP contribution in [0.15, 0.2) is 89.3 Å². The van der Waals surface area contributed by atoms with Crippen LogP contribution < -0.4 is 0 Å². The molecule has 0 fully saturated rings. The second-order valence-corrected chi connectivity index (χ2v) is 13.8. The van der Waals surface area contributed by atoms with Crippen molar-refractivity contribution in [3.8, 4) is 39.6 Å². The van der Waals surface area contributed by atoms with Gasteiger partial charge in [0.05, 0.1) is 35.1 Å². The first-order valence-corrected chi connectivity index (χ1v) is 16.0. The summed E-state index contributed by atoms with van der Waals surface area (Å²) in [5.74, 6) is -0.766. The molecule has 0 aliphatic carbocycles. The minimum atomic E-state index is -4.34. The Labute approximate surface area is 267 Å². The number of rotatable bonds is 6. The van der Waals surface area contributed by atoms with Gasteiger partial charge < -0.3 is 0 Å². The van der Waals surface area contributed by atoms with Gasteiger partial charge in [-0.1, -0.05) is 54.1 Å². The van der Waals surface area contributed by atoms with E-state index in [4.69, 9.17) is 18.2 Å². The molecule has 0 aliphatic heterocycles. The number of carbonyl (C=O) groups excluding carboxylic acids is 1. The molecular formula is C34H20ClFN4O3S2. The molecule has 0 radical (unpaired) electrons. The number of Topliss-reactive ketones (excluding diaryl/α,β-unsaturated/α-hetero) is 1. The Kier molecular flexibility index (Phi) is 7.59. The fourth-order valence-electron chi connectivity index (χ4n) is 5.34. The van der Waals surface area contributed by atoms with Crippen molar-refractivity contribution < 1.29 is 17.6 Å². The largest absolute Gasteiger partial charge is 0.295 e. The highest BCUT2D eigenvalue weighted by Gasteiger charge is 2.32. The molecule has 45 heavy (non-hydrogen) atoms. The molecular weight excluding hydrogens is 631 g/mol. The average molecular weight is 651 g/mol. The van der Waals surface area contributed by atoms with E-state index in [0.717, 1.165) is 15.3 Å². The topological polar surface area (TPSA) is 97.2 Å². The van der Waals surface area contributed by atoms with Gasteiger partial charge in [-0.2, -0.15) is 13.7 Å². The number of carbonyl (C=O) groups is 1. The van der Waals surface area contributed by atoms with Gasteiger partial charge in [0.1, 0.15) is 5.82 Å². The molecule has 0 bridgehead atoms. The Morgan fingerprint density at radius 3 is 2.47 bits per heavy atom. The SMILES string of the molecule is [C-]#[N+]c1cccc(C#N)c1-c1c(-c2cccc(-c3ccc(C(C)=O)cc3Cl)c2)n(S(=O)(=O)c2cnc(C)s2)c2ccc(F)cc12. The van der Waals surface area contributed by atoms with E-state index in [1.54, 1.807) is 55.5 Å². The second kappa shape index (κ2) is 11.4. The molecule has 6 aromatic rings. The molecule has 0 amide bonds. The summed E-state index contributed by atoms with van der Waals surface area (Å²) in [6, 6.07) is 22.4. The van der Waals surface area contributed by atoms with Gasteiger partial charge in [0.25, 0.3) is 10.0 Å². The van der Waals surface area contributed by atoms with Crippen LogP contribution in [0.25, 0.3) is 49.3 Å². The molecule has 0 atom stereocenters. The minimum absolute atomic E-state index is 0.0352. The standard InChI is InChI=1S/C34H20ClFN4O3S2/c1-19(41)21-10-12-26(28(35)15-21)22-6-4-7-23(14-22)34-33(32-24(17-37)8-5-9-29(32)38-3)27-16-25(36)11-13-30(27)40(34)45(42,43)31-18-39-20(2)44-31/h4-16,18H,1-2H3. The van der Waals surface area contributed by atoms with E-state index >= 15 is 0 Å². The normalized spacial score (nSPS) is 11.3. The lowest BCUT2D eigenvalue weighted by atomic mass is 9.92. The summed E-state index contributed by atoms with van der Waals surface area (Å²) < 4.78 is 45.0. The molecule has 2 aromatic heterocycles. The number of nitriles is 1. The summed E-state index contributed by atoms with van der Waals surface area (Å²) in [4.78, 5) is 19.7. The third kappa shape index (κ3) is 5.09. The summed E-state index contributed by atoms with van der Waals surface area (Å²) in [6.45, 7) is 11.0. The molecule has 0 N–H and O–H groups in total. The zero-order valence-electron chi connectivity index (χ0n) is 23.7. The first kappa shape index (κ1) is 29.9. The monoisotopic (exact) mass is 650 g/mol. The molecule has 0 spiro atoms. The number of hydrogen-bond acceptors (Lipinski definition) is 6. The molecule has 0 saturated heterocycles. The van der Waals surface area contributed by atoms with Crippen LogP contribution in [0, 0.1) is 30.6 Å². The maximum Gasteiger partial charge on any atom is 0.279 e. The number of fused-ring (bicyclic) bond motifs is 1. The first-order chi connectivity index (χ1) is 21.5. The highest BCUT2D eigenvalue weighted by atomic mass is 35.5. The summed E-state index contributed by atoms with van der Waals surface area (Å²) in [5, 5.41) is 11.2. The summed E-state index contributed by atoms with van der Waals surface area (Å²) in [6.07, 6.45) is 1.27. The van der Waals surface area contributed by atoms with Gasteiger partial charge >= 0.3 is 0 Å².